The van der Waals surface area contributed by atoms with Crippen LogP contribution >= 0.6 is 11.6 Å². The highest BCUT2D eigenvalue weighted by Crippen LogP contribution is 2.18. The van der Waals surface area contributed by atoms with E-state index in [9.17, 15) is 4.79 Å². The standard InChI is InChI=1S/C14H20ClNO2/c1-4-13(14(17)18-5-2)16-10(3)11-7-6-8-12(15)9-11/h6-10,13,16H,4-5H2,1-3H3. The van der Waals surface area contributed by atoms with E-state index in [1.165, 1.54) is 0 Å². The van der Waals surface area contributed by atoms with Crippen LogP contribution in [0.15, 0.2) is 24.3 Å². The van der Waals surface area contributed by atoms with Gasteiger partial charge in [-0.2, -0.15) is 0 Å². The first-order chi connectivity index (χ1) is 8.58. The van der Waals surface area contributed by atoms with E-state index in [-0.39, 0.29) is 18.1 Å². The van der Waals surface area contributed by atoms with Crippen LogP contribution in [0.3, 0.4) is 0 Å². The Balaban J connectivity index is 2.67. The zero-order chi connectivity index (χ0) is 13.5. The zero-order valence-electron chi connectivity index (χ0n) is 11.1. The first-order valence-corrected chi connectivity index (χ1v) is 6.64. The summed E-state index contributed by atoms with van der Waals surface area (Å²) >= 11 is 5.95. The zero-order valence-corrected chi connectivity index (χ0v) is 11.8. The third-order valence-corrected chi connectivity index (χ3v) is 3.01. The number of benzene rings is 1. The molecule has 0 aromatic heterocycles. The molecule has 100 valence electrons. The van der Waals surface area contributed by atoms with Gasteiger partial charge in [-0.1, -0.05) is 30.7 Å². The van der Waals surface area contributed by atoms with Gasteiger partial charge in [0.1, 0.15) is 6.04 Å². The van der Waals surface area contributed by atoms with Gasteiger partial charge in [-0.15, -0.1) is 0 Å². The Bertz CT molecular complexity index is 395. The van der Waals surface area contributed by atoms with Gasteiger partial charge in [0.25, 0.3) is 0 Å². The van der Waals surface area contributed by atoms with Crippen molar-refractivity contribution >= 4 is 17.6 Å². The van der Waals surface area contributed by atoms with Crippen LogP contribution in [-0.2, 0) is 9.53 Å². The molecule has 0 radical (unpaired) electrons. The lowest BCUT2D eigenvalue weighted by Crippen LogP contribution is -2.39. The molecule has 0 aliphatic heterocycles. The van der Waals surface area contributed by atoms with Crippen molar-refractivity contribution in [3.8, 4) is 0 Å². The van der Waals surface area contributed by atoms with Gasteiger partial charge >= 0.3 is 5.97 Å². The number of carbonyl (C=O) groups excluding carboxylic acids is 1. The Morgan fingerprint density at radius 2 is 2.17 bits per heavy atom. The maximum atomic E-state index is 11.7. The third-order valence-electron chi connectivity index (χ3n) is 2.78. The molecule has 0 heterocycles. The van der Waals surface area contributed by atoms with E-state index in [0.29, 0.717) is 18.1 Å². The maximum Gasteiger partial charge on any atom is 0.323 e. The second-order valence-corrected chi connectivity index (χ2v) is 4.59. The highest BCUT2D eigenvalue weighted by atomic mass is 35.5. The Morgan fingerprint density at radius 1 is 1.44 bits per heavy atom. The molecule has 2 atom stereocenters. The number of esters is 1. The van der Waals surface area contributed by atoms with Crippen LogP contribution in [0.5, 0.6) is 0 Å². The Hall–Kier alpha value is -1.06. The van der Waals surface area contributed by atoms with Gasteiger partial charge in [0, 0.05) is 11.1 Å². The van der Waals surface area contributed by atoms with Gasteiger partial charge in [0.2, 0.25) is 0 Å². The van der Waals surface area contributed by atoms with E-state index in [4.69, 9.17) is 16.3 Å². The van der Waals surface area contributed by atoms with Gasteiger partial charge in [-0.05, 0) is 38.0 Å². The molecule has 0 saturated heterocycles. The van der Waals surface area contributed by atoms with Gasteiger partial charge in [0.15, 0.2) is 0 Å². The highest BCUT2D eigenvalue weighted by Gasteiger charge is 2.20. The maximum absolute atomic E-state index is 11.7. The largest absolute Gasteiger partial charge is 0.465 e. The average molecular weight is 270 g/mol. The van der Waals surface area contributed by atoms with Crippen molar-refractivity contribution in [3.05, 3.63) is 34.9 Å². The molecule has 0 spiro atoms. The molecule has 0 aliphatic rings. The molecule has 18 heavy (non-hydrogen) atoms. The fourth-order valence-electron chi connectivity index (χ4n) is 1.77. The van der Waals surface area contributed by atoms with Crippen LogP contribution in [-0.4, -0.2) is 18.6 Å². The minimum absolute atomic E-state index is 0.0538. The molecule has 1 aromatic carbocycles. The number of carbonyl (C=O) groups is 1. The van der Waals surface area contributed by atoms with Crippen LogP contribution in [0.25, 0.3) is 0 Å². The van der Waals surface area contributed by atoms with E-state index in [0.717, 1.165) is 5.56 Å². The lowest BCUT2D eigenvalue weighted by Gasteiger charge is -2.21. The highest BCUT2D eigenvalue weighted by molar-refractivity contribution is 6.30. The predicted molar refractivity (Wildman–Crippen MR) is 73.7 cm³/mol. The molecule has 0 fully saturated rings. The molecular weight excluding hydrogens is 250 g/mol. The first kappa shape index (κ1) is 15.0. The van der Waals surface area contributed by atoms with Crippen LogP contribution in [0.2, 0.25) is 5.02 Å². The summed E-state index contributed by atoms with van der Waals surface area (Å²) in [7, 11) is 0. The van der Waals surface area contributed by atoms with Gasteiger partial charge in [-0.25, -0.2) is 0 Å². The van der Waals surface area contributed by atoms with Crippen molar-refractivity contribution in [1.29, 1.82) is 0 Å². The minimum atomic E-state index is -0.279. The second-order valence-electron chi connectivity index (χ2n) is 4.16. The van der Waals surface area contributed by atoms with E-state index in [1.54, 1.807) is 0 Å². The van der Waals surface area contributed by atoms with Crippen molar-refractivity contribution in [2.45, 2.75) is 39.3 Å². The van der Waals surface area contributed by atoms with E-state index in [2.05, 4.69) is 5.32 Å². The Morgan fingerprint density at radius 3 is 2.72 bits per heavy atom. The topological polar surface area (TPSA) is 38.3 Å². The summed E-state index contributed by atoms with van der Waals surface area (Å²) in [5.41, 5.74) is 1.06. The van der Waals surface area contributed by atoms with Gasteiger partial charge in [0.05, 0.1) is 6.61 Å². The number of rotatable bonds is 6. The van der Waals surface area contributed by atoms with E-state index < -0.39 is 0 Å². The quantitative estimate of drug-likeness (QED) is 0.805. The molecular formula is C14H20ClNO2. The van der Waals surface area contributed by atoms with E-state index >= 15 is 0 Å². The van der Waals surface area contributed by atoms with Crippen molar-refractivity contribution in [2.24, 2.45) is 0 Å². The van der Waals surface area contributed by atoms with Crippen LogP contribution in [0.1, 0.15) is 38.8 Å². The smallest absolute Gasteiger partial charge is 0.323 e. The minimum Gasteiger partial charge on any atom is -0.465 e. The average Bonchev–Trinajstić information content (AvgIpc) is 2.35. The molecule has 0 aliphatic carbocycles. The van der Waals surface area contributed by atoms with Crippen molar-refractivity contribution in [1.82, 2.24) is 5.32 Å². The summed E-state index contributed by atoms with van der Waals surface area (Å²) in [6, 6.07) is 7.40. The van der Waals surface area contributed by atoms with Gasteiger partial charge < -0.3 is 4.74 Å². The fourth-order valence-corrected chi connectivity index (χ4v) is 1.97. The SMILES string of the molecule is CCOC(=O)C(CC)NC(C)c1cccc(Cl)c1. The summed E-state index contributed by atoms with van der Waals surface area (Å²) in [5, 5.41) is 3.96. The summed E-state index contributed by atoms with van der Waals surface area (Å²) < 4.78 is 5.03. The summed E-state index contributed by atoms with van der Waals surface area (Å²) in [5.74, 6) is -0.200. The monoisotopic (exact) mass is 269 g/mol. The Kier molecular flexibility index (Phi) is 6.16. The molecule has 1 N–H and O–H groups in total. The summed E-state index contributed by atoms with van der Waals surface area (Å²) in [4.78, 5) is 11.7. The van der Waals surface area contributed by atoms with E-state index in [1.807, 2.05) is 45.0 Å². The molecule has 0 bridgehead atoms. The molecule has 4 heteroatoms. The molecule has 2 unspecified atom stereocenters. The predicted octanol–water partition coefficient (Wildman–Crippen LogP) is 3.33. The number of halogens is 1. The normalized spacial score (nSPS) is 14.0. The summed E-state index contributed by atoms with van der Waals surface area (Å²) in [6.45, 7) is 6.18. The van der Waals surface area contributed by atoms with Crippen LogP contribution < -0.4 is 5.32 Å². The lowest BCUT2D eigenvalue weighted by molar-refractivity contribution is -0.145. The number of ether oxygens (including phenoxy) is 1. The van der Waals surface area contributed by atoms with Crippen molar-refractivity contribution < 1.29 is 9.53 Å². The molecule has 1 aromatic rings. The number of nitrogens with one attached hydrogen (secondary N) is 1. The first-order valence-electron chi connectivity index (χ1n) is 6.26. The van der Waals surface area contributed by atoms with Crippen molar-refractivity contribution in [2.75, 3.05) is 6.61 Å². The lowest BCUT2D eigenvalue weighted by atomic mass is 10.1. The fraction of sp³-hybridized carbons (Fsp3) is 0.500. The Labute approximate surface area is 113 Å². The number of hydrogen-bond acceptors (Lipinski definition) is 3. The van der Waals surface area contributed by atoms with Crippen LogP contribution in [0, 0.1) is 0 Å². The van der Waals surface area contributed by atoms with Crippen LogP contribution in [0.4, 0.5) is 0 Å². The third kappa shape index (κ3) is 4.31. The number of hydrogen-bond donors (Lipinski definition) is 1. The molecule has 3 nitrogen and oxygen atoms in total. The molecule has 0 amide bonds. The second kappa shape index (κ2) is 7.39. The van der Waals surface area contributed by atoms with Crippen molar-refractivity contribution in [3.63, 3.8) is 0 Å². The molecule has 1 rings (SSSR count). The summed E-state index contributed by atoms with van der Waals surface area (Å²) in [6.07, 6.45) is 0.698. The molecule has 0 saturated carbocycles. The van der Waals surface area contributed by atoms with Gasteiger partial charge in [-0.3, -0.25) is 10.1 Å².